The number of halogens is 3. The van der Waals surface area contributed by atoms with Crippen LogP contribution in [0, 0.1) is 17.5 Å². The number of anilines is 2. The van der Waals surface area contributed by atoms with E-state index in [1.54, 1.807) is 0 Å². The third kappa shape index (κ3) is 1.36. The summed E-state index contributed by atoms with van der Waals surface area (Å²) in [6.45, 7) is 0. The molecule has 0 heterocycles. The summed E-state index contributed by atoms with van der Waals surface area (Å²) >= 11 is 0. The van der Waals surface area contributed by atoms with Gasteiger partial charge in [-0.25, -0.2) is 13.2 Å². The molecule has 5 N–H and O–H groups in total. The molecule has 0 aliphatic rings. The van der Waals surface area contributed by atoms with Gasteiger partial charge in [-0.2, -0.15) is 0 Å². The Hall–Kier alpha value is -1.21. The third-order valence-corrected chi connectivity index (χ3v) is 2.23. The Morgan fingerprint density at radius 1 is 0.923 bits per heavy atom. The number of hydrogen-bond donors (Lipinski definition) is 3. The monoisotopic (exact) mass is 206 g/mol. The molecule has 1 rings (SSSR count). The van der Waals surface area contributed by atoms with Crippen molar-refractivity contribution >= 4 is 26.3 Å². The first-order chi connectivity index (χ1) is 6.00. The molecule has 2 radical (unpaired) electrons. The van der Waals surface area contributed by atoms with Crippen LogP contribution in [0.3, 0.4) is 0 Å². The van der Waals surface area contributed by atoms with Crippen molar-refractivity contribution in [3.05, 3.63) is 17.5 Å². The maximum atomic E-state index is 12.8. The number of nitrogens with two attached hydrogens (primary N) is 2. The molecule has 1 aromatic carbocycles. The van der Waals surface area contributed by atoms with Crippen molar-refractivity contribution in [3.8, 4) is 0 Å². The van der Waals surface area contributed by atoms with Crippen molar-refractivity contribution in [2.45, 2.75) is 0 Å². The van der Waals surface area contributed by atoms with Crippen LogP contribution in [0.25, 0.3) is 0 Å². The molecule has 13 heavy (non-hydrogen) atoms. The fraction of sp³-hybridized carbons (Fsp3) is 0. The molecule has 0 bridgehead atoms. The smallest absolute Gasteiger partial charge is 0.270 e. The first-order valence-electron chi connectivity index (χ1n) is 3.12. The van der Waals surface area contributed by atoms with Crippen LogP contribution in [0.5, 0.6) is 0 Å². The van der Waals surface area contributed by atoms with Crippen LogP contribution >= 0.6 is 0 Å². The number of benzene rings is 1. The molecule has 0 atom stereocenters. The maximum Gasteiger partial charge on any atom is 0.270 e. The Morgan fingerprint density at radius 3 is 1.92 bits per heavy atom. The quantitative estimate of drug-likeness (QED) is 0.329. The lowest BCUT2D eigenvalue weighted by Gasteiger charge is -2.08. The zero-order valence-electron chi connectivity index (χ0n) is 6.24. The van der Waals surface area contributed by atoms with Crippen molar-refractivity contribution in [1.82, 2.24) is 0 Å². The van der Waals surface area contributed by atoms with Gasteiger partial charge in [-0.05, 0) is 0 Å². The highest BCUT2D eigenvalue weighted by molar-refractivity contribution is 6.48. The lowest BCUT2D eigenvalue weighted by atomic mass is 10.2. The minimum absolute atomic E-state index is 0.461. The van der Waals surface area contributed by atoms with Gasteiger partial charge in [0.05, 0.1) is 11.4 Å². The Labute approximate surface area is 74.1 Å². The van der Waals surface area contributed by atoms with Gasteiger partial charge >= 0.3 is 0 Å². The van der Waals surface area contributed by atoms with E-state index in [9.17, 15) is 13.2 Å². The molecule has 0 saturated heterocycles. The number of hydrogen-bond acceptors (Lipinski definition) is 3. The normalized spacial score (nSPS) is 10.5. The van der Waals surface area contributed by atoms with E-state index < -0.39 is 43.8 Å². The largest absolute Gasteiger partial charge is 0.427 e. The lowest BCUT2D eigenvalue weighted by Crippen LogP contribution is -2.26. The summed E-state index contributed by atoms with van der Waals surface area (Å²) in [6, 6.07) is 0. The molecule has 0 unspecified atom stereocenters. The van der Waals surface area contributed by atoms with Crippen molar-refractivity contribution in [2.75, 3.05) is 11.5 Å². The van der Waals surface area contributed by atoms with Crippen LogP contribution in [0.1, 0.15) is 0 Å². The minimum atomic E-state index is -1.72. The average molecular weight is 206 g/mol. The van der Waals surface area contributed by atoms with E-state index in [1.807, 2.05) is 0 Å². The third-order valence-electron chi connectivity index (χ3n) is 1.51. The summed E-state index contributed by atoms with van der Waals surface area (Å²) in [6.07, 6.45) is 0. The van der Waals surface area contributed by atoms with Gasteiger partial charge in [0.25, 0.3) is 9.76 Å². The van der Waals surface area contributed by atoms with Crippen LogP contribution in [-0.4, -0.2) is 14.6 Å². The second kappa shape index (κ2) is 3.27. The first-order valence-corrected chi connectivity index (χ1v) is 4.07. The zero-order valence-corrected chi connectivity index (χ0v) is 7.24. The fourth-order valence-corrected chi connectivity index (χ4v) is 1.27. The van der Waals surface area contributed by atoms with Crippen LogP contribution in [0.15, 0.2) is 0 Å². The molecule has 0 spiro atoms. The standard InChI is InChI=1S/C6H5F3N2OSi/c7-1-2(8)4(10)5(11)6(13-12)3(1)9/h12H,10-11H2. The Bertz CT molecular complexity index is 329. The van der Waals surface area contributed by atoms with Gasteiger partial charge < -0.3 is 16.3 Å². The van der Waals surface area contributed by atoms with Gasteiger partial charge in [0.2, 0.25) is 0 Å². The van der Waals surface area contributed by atoms with E-state index >= 15 is 0 Å². The molecular formula is C6H5F3N2OSi. The average Bonchev–Trinajstić information content (AvgIpc) is 2.13. The zero-order chi connectivity index (χ0) is 10.2. The lowest BCUT2D eigenvalue weighted by molar-refractivity contribution is 0.452. The molecule has 0 amide bonds. The summed E-state index contributed by atoms with van der Waals surface area (Å²) in [5.74, 6) is -4.75. The van der Waals surface area contributed by atoms with Crippen molar-refractivity contribution < 1.29 is 18.0 Å². The predicted molar refractivity (Wildman–Crippen MR) is 42.7 cm³/mol. The first kappa shape index (κ1) is 9.87. The Morgan fingerprint density at radius 2 is 1.46 bits per heavy atom. The van der Waals surface area contributed by atoms with Crippen molar-refractivity contribution in [1.29, 1.82) is 0 Å². The Kier molecular flexibility index (Phi) is 2.48. The van der Waals surface area contributed by atoms with Gasteiger partial charge in [-0.1, -0.05) is 0 Å². The number of rotatable bonds is 1. The second-order valence-corrected chi connectivity index (χ2v) is 2.98. The second-order valence-electron chi connectivity index (χ2n) is 2.26. The van der Waals surface area contributed by atoms with E-state index in [4.69, 9.17) is 16.3 Å². The summed E-state index contributed by atoms with van der Waals surface area (Å²) in [5.41, 5.74) is 9.01. The highest BCUT2D eigenvalue weighted by atomic mass is 28.2. The van der Waals surface area contributed by atoms with Crippen molar-refractivity contribution in [2.24, 2.45) is 0 Å². The summed E-state index contributed by atoms with van der Waals surface area (Å²) < 4.78 is 38.1. The maximum absolute atomic E-state index is 12.8. The van der Waals surface area contributed by atoms with E-state index in [1.165, 1.54) is 0 Å². The molecule has 0 aromatic heterocycles. The summed E-state index contributed by atoms with van der Waals surface area (Å²) in [5, 5.41) is -0.503. The molecule has 0 aliphatic carbocycles. The topological polar surface area (TPSA) is 72.3 Å². The van der Waals surface area contributed by atoms with Crippen LogP contribution < -0.4 is 16.7 Å². The van der Waals surface area contributed by atoms with Gasteiger partial charge in [0.1, 0.15) is 0 Å². The fourth-order valence-electron chi connectivity index (χ4n) is 0.805. The van der Waals surface area contributed by atoms with Crippen LogP contribution in [0.2, 0.25) is 0 Å². The van der Waals surface area contributed by atoms with Crippen LogP contribution in [-0.2, 0) is 0 Å². The minimum Gasteiger partial charge on any atom is -0.427 e. The van der Waals surface area contributed by atoms with E-state index in [0.717, 1.165) is 0 Å². The van der Waals surface area contributed by atoms with Gasteiger partial charge in [-0.3, -0.25) is 0 Å². The van der Waals surface area contributed by atoms with Gasteiger partial charge in [0, 0.05) is 5.19 Å². The van der Waals surface area contributed by atoms with Gasteiger partial charge in [0.15, 0.2) is 17.5 Å². The van der Waals surface area contributed by atoms with E-state index in [-0.39, 0.29) is 0 Å². The highest BCUT2D eigenvalue weighted by Gasteiger charge is 2.21. The SMILES string of the molecule is Nc1c(N)c([Si]O)c(F)c(F)c1F. The molecule has 3 nitrogen and oxygen atoms in total. The molecule has 70 valence electrons. The van der Waals surface area contributed by atoms with E-state index in [2.05, 4.69) is 0 Å². The summed E-state index contributed by atoms with van der Waals surface area (Å²) in [7, 11) is -1.07. The summed E-state index contributed by atoms with van der Waals surface area (Å²) in [4.78, 5) is 8.60. The molecule has 1 aromatic rings. The van der Waals surface area contributed by atoms with E-state index in [0.29, 0.717) is 0 Å². The number of nitrogen functional groups attached to an aromatic ring is 2. The molecule has 0 aliphatic heterocycles. The highest BCUT2D eigenvalue weighted by Crippen LogP contribution is 2.21. The Balaban J connectivity index is 3.56. The molecule has 0 saturated carbocycles. The van der Waals surface area contributed by atoms with Crippen LogP contribution in [0.4, 0.5) is 24.5 Å². The predicted octanol–water partition coefficient (Wildman–Crippen LogP) is -0.495. The molecule has 7 heteroatoms. The van der Waals surface area contributed by atoms with Gasteiger partial charge in [-0.15, -0.1) is 0 Å². The molecular weight excluding hydrogens is 201 g/mol. The molecule has 0 fully saturated rings. The van der Waals surface area contributed by atoms with Crippen molar-refractivity contribution in [3.63, 3.8) is 0 Å².